The van der Waals surface area contributed by atoms with Crippen LogP contribution in [0, 0.1) is 0 Å². The van der Waals surface area contributed by atoms with E-state index in [1.54, 1.807) is 18.2 Å². The van der Waals surface area contributed by atoms with E-state index in [2.05, 4.69) is 0 Å². The second kappa shape index (κ2) is 7.17. The molecule has 0 saturated carbocycles. The van der Waals surface area contributed by atoms with Gasteiger partial charge in [0.1, 0.15) is 24.6 Å². The van der Waals surface area contributed by atoms with Crippen LogP contribution in [0.4, 0.5) is 0 Å². The molecular formula is C17H14O5. The minimum atomic E-state index is -1.64. The molecule has 2 aromatic carbocycles. The molecule has 1 unspecified atom stereocenters. The number of carbonyl (C=O) groups excluding carboxylic acids is 2. The van der Waals surface area contributed by atoms with E-state index in [1.165, 1.54) is 6.07 Å². The molecular weight excluding hydrogens is 284 g/mol. The van der Waals surface area contributed by atoms with Crippen molar-refractivity contribution in [2.45, 2.75) is 12.5 Å². The molecule has 0 aliphatic carbocycles. The molecule has 0 amide bonds. The predicted molar refractivity (Wildman–Crippen MR) is 78.7 cm³/mol. The van der Waals surface area contributed by atoms with E-state index in [4.69, 9.17) is 9.84 Å². The van der Waals surface area contributed by atoms with Gasteiger partial charge in [-0.05, 0) is 11.6 Å². The van der Waals surface area contributed by atoms with E-state index in [9.17, 15) is 14.4 Å². The fourth-order valence-electron chi connectivity index (χ4n) is 2.01. The minimum Gasteiger partial charge on any atom is -0.489 e. The third kappa shape index (κ3) is 3.58. The smallest absolute Gasteiger partial charge is 0.373 e. The molecule has 0 aromatic heterocycles. The highest BCUT2D eigenvalue weighted by Gasteiger charge is 2.28. The van der Waals surface area contributed by atoms with Crippen LogP contribution in [-0.2, 0) is 21.0 Å². The van der Waals surface area contributed by atoms with Crippen LogP contribution in [0.2, 0.25) is 0 Å². The number of Topliss-reactive ketones (excluding diaryl/α,β-unsaturated/α-hetero) is 1. The van der Waals surface area contributed by atoms with Gasteiger partial charge in [-0.3, -0.25) is 4.79 Å². The van der Waals surface area contributed by atoms with Crippen molar-refractivity contribution in [1.29, 1.82) is 0 Å². The van der Waals surface area contributed by atoms with E-state index >= 15 is 0 Å². The molecule has 0 saturated heterocycles. The Morgan fingerprint density at radius 3 is 2.32 bits per heavy atom. The van der Waals surface area contributed by atoms with E-state index in [1.807, 2.05) is 30.3 Å². The van der Waals surface area contributed by atoms with Crippen molar-refractivity contribution >= 4 is 18.0 Å². The number of benzene rings is 2. The lowest BCUT2D eigenvalue weighted by atomic mass is 9.95. The van der Waals surface area contributed by atoms with Crippen LogP contribution in [0.15, 0.2) is 54.6 Å². The van der Waals surface area contributed by atoms with Crippen molar-refractivity contribution in [3.05, 3.63) is 65.7 Å². The Bertz CT molecular complexity index is 678. The predicted octanol–water partition coefficient (Wildman–Crippen LogP) is 2.20. The summed E-state index contributed by atoms with van der Waals surface area (Å²) in [4.78, 5) is 33.6. The van der Waals surface area contributed by atoms with Gasteiger partial charge in [0, 0.05) is 5.56 Å². The lowest BCUT2D eigenvalue weighted by Gasteiger charge is -2.14. The second-order valence-corrected chi connectivity index (χ2v) is 4.60. The summed E-state index contributed by atoms with van der Waals surface area (Å²) < 4.78 is 5.63. The number of carboxylic acid groups (broad SMARTS) is 1. The maximum atomic E-state index is 11.6. The van der Waals surface area contributed by atoms with Crippen LogP contribution in [0.5, 0.6) is 5.75 Å². The maximum absolute atomic E-state index is 11.6. The van der Waals surface area contributed by atoms with Crippen LogP contribution in [0.1, 0.15) is 17.0 Å². The molecule has 1 N–H and O–H groups in total. The minimum absolute atomic E-state index is 0.251. The highest BCUT2D eigenvalue weighted by atomic mass is 16.5. The van der Waals surface area contributed by atoms with E-state index in [-0.39, 0.29) is 12.2 Å². The van der Waals surface area contributed by atoms with E-state index in [0.717, 1.165) is 5.56 Å². The zero-order valence-corrected chi connectivity index (χ0v) is 11.6. The van der Waals surface area contributed by atoms with Crippen LogP contribution in [0.3, 0.4) is 0 Å². The number of aldehydes is 1. The third-order valence-corrected chi connectivity index (χ3v) is 3.12. The number of ketones is 1. The molecule has 5 nitrogen and oxygen atoms in total. The van der Waals surface area contributed by atoms with Crippen molar-refractivity contribution in [1.82, 2.24) is 0 Å². The first-order valence-corrected chi connectivity index (χ1v) is 6.61. The first kappa shape index (κ1) is 15.4. The Morgan fingerprint density at radius 1 is 1.05 bits per heavy atom. The van der Waals surface area contributed by atoms with Gasteiger partial charge in [-0.1, -0.05) is 48.5 Å². The fourth-order valence-corrected chi connectivity index (χ4v) is 2.01. The quantitative estimate of drug-likeness (QED) is 0.481. The Labute approximate surface area is 127 Å². The zero-order valence-electron chi connectivity index (χ0n) is 11.6. The molecule has 0 aliphatic heterocycles. The summed E-state index contributed by atoms with van der Waals surface area (Å²) in [5.41, 5.74) is 1.17. The topological polar surface area (TPSA) is 80.7 Å². The molecule has 5 heteroatoms. The number of hydrogen-bond donors (Lipinski definition) is 1. The van der Waals surface area contributed by atoms with Crippen LogP contribution in [-0.4, -0.2) is 23.1 Å². The molecule has 1 atom stereocenters. The molecule has 0 spiro atoms. The molecule has 2 aromatic rings. The van der Waals surface area contributed by atoms with E-state index < -0.39 is 17.7 Å². The summed E-state index contributed by atoms with van der Waals surface area (Å²) in [6, 6.07) is 15.8. The van der Waals surface area contributed by atoms with Crippen molar-refractivity contribution in [2.24, 2.45) is 0 Å². The van der Waals surface area contributed by atoms with Gasteiger partial charge in [-0.2, -0.15) is 0 Å². The monoisotopic (exact) mass is 298 g/mol. The number of hydrogen-bond acceptors (Lipinski definition) is 4. The molecule has 0 heterocycles. The number of carbonyl (C=O) groups is 3. The number of ether oxygens (including phenoxy) is 1. The van der Waals surface area contributed by atoms with Crippen molar-refractivity contribution < 1.29 is 24.2 Å². The zero-order chi connectivity index (χ0) is 15.9. The van der Waals surface area contributed by atoms with Gasteiger partial charge in [-0.25, -0.2) is 4.79 Å². The van der Waals surface area contributed by atoms with Gasteiger partial charge in [0.25, 0.3) is 5.78 Å². The lowest BCUT2D eigenvalue weighted by Crippen LogP contribution is -2.23. The Morgan fingerprint density at radius 2 is 1.68 bits per heavy atom. The van der Waals surface area contributed by atoms with Crippen molar-refractivity contribution in [3.63, 3.8) is 0 Å². The number of para-hydroxylation sites is 1. The highest BCUT2D eigenvalue weighted by molar-refractivity contribution is 6.38. The van der Waals surface area contributed by atoms with Gasteiger partial charge in [0.2, 0.25) is 0 Å². The molecule has 112 valence electrons. The van der Waals surface area contributed by atoms with Crippen molar-refractivity contribution in [2.75, 3.05) is 0 Å². The third-order valence-electron chi connectivity index (χ3n) is 3.12. The van der Waals surface area contributed by atoms with Gasteiger partial charge in [-0.15, -0.1) is 0 Å². The average Bonchev–Trinajstić information content (AvgIpc) is 2.55. The van der Waals surface area contributed by atoms with Crippen LogP contribution >= 0.6 is 0 Å². The average molecular weight is 298 g/mol. The van der Waals surface area contributed by atoms with E-state index in [0.29, 0.717) is 12.0 Å². The van der Waals surface area contributed by atoms with Gasteiger partial charge < -0.3 is 14.6 Å². The highest BCUT2D eigenvalue weighted by Crippen LogP contribution is 2.27. The van der Waals surface area contributed by atoms with Crippen LogP contribution < -0.4 is 4.74 Å². The molecule has 0 aliphatic rings. The molecule has 2 rings (SSSR count). The Kier molecular flexibility index (Phi) is 5.03. The summed E-state index contributed by atoms with van der Waals surface area (Å²) in [5, 5.41) is 8.79. The van der Waals surface area contributed by atoms with Crippen molar-refractivity contribution in [3.8, 4) is 5.75 Å². The summed E-state index contributed by atoms with van der Waals surface area (Å²) in [6.07, 6.45) is 0.321. The molecule has 0 fully saturated rings. The first-order valence-electron chi connectivity index (χ1n) is 6.61. The summed E-state index contributed by atoms with van der Waals surface area (Å²) in [5.74, 6) is -3.87. The standard InChI is InChI=1S/C17H14O5/c18-10-14(16(19)17(20)21)13-8-4-5-9-15(13)22-11-12-6-2-1-3-7-12/h1-10,14H,11H2,(H,20,21). The molecule has 22 heavy (non-hydrogen) atoms. The number of rotatable bonds is 7. The Balaban J connectivity index is 2.24. The summed E-state index contributed by atoms with van der Waals surface area (Å²) in [7, 11) is 0. The largest absolute Gasteiger partial charge is 0.489 e. The number of aliphatic carboxylic acids is 1. The van der Waals surface area contributed by atoms with Gasteiger partial charge >= 0.3 is 5.97 Å². The second-order valence-electron chi connectivity index (χ2n) is 4.60. The molecule has 0 bridgehead atoms. The first-order chi connectivity index (χ1) is 10.6. The fraction of sp³-hybridized carbons (Fsp3) is 0.118. The Hall–Kier alpha value is -2.95. The SMILES string of the molecule is O=CC(C(=O)C(=O)O)c1ccccc1OCc1ccccc1. The van der Waals surface area contributed by atoms with Gasteiger partial charge in [0.15, 0.2) is 0 Å². The van der Waals surface area contributed by atoms with Gasteiger partial charge in [0.05, 0.1) is 0 Å². The molecule has 0 radical (unpaired) electrons. The normalized spacial score (nSPS) is 11.5. The number of carboxylic acids is 1. The van der Waals surface area contributed by atoms with Crippen LogP contribution in [0.25, 0.3) is 0 Å². The maximum Gasteiger partial charge on any atom is 0.373 e. The summed E-state index contributed by atoms with van der Waals surface area (Å²) >= 11 is 0. The summed E-state index contributed by atoms with van der Waals surface area (Å²) in [6.45, 7) is 0.255. The lowest BCUT2D eigenvalue weighted by molar-refractivity contribution is -0.150.